The van der Waals surface area contributed by atoms with E-state index < -0.39 is 17.5 Å². The predicted octanol–water partition coefficient (Wildman–Crippen LogP) is 2.36. The van der Waals surface area contributed by atoms with E-state index >= 15 is 0 Å². The normalized spacial score (nSPS) is 11.9. The summed E-state index contributed by atoms with van der Waals surface area (Å²) in [4.78, 5) is 36.2. The fraction of sp³-hybridized carbons (Fsp3) is 0.286. The van der Waals surface area contributed by atoms with E-state index in [1.54, 1.807) is 51.1 Å². The van der Waals surface area contributed by atoms with Gasteiger partial charge in [0, 0.05) is 6.08 Å². The zero-order chi connectivity index (χ0) is 15.2. The van der Waals surface area contributed by atoms with Crippen LogP contribution in [0.15, 0.2) is 36.4 Å². The molecule has 108 valence electrons. The van der Waals surface area contributed by atoms with Crippen LogP contribution < -0.4 is 0 Å². The van der Waals surface area contributed by atoms with Gasteiger partial charge >= 0.3 is 11.9 Å². The van der Waals surface area contributed by atoms with E-state index in [1.165, 1.54) is 0 Å². The van der Waals surface area contributed by atoms with Crippen LogP contribution in [0.25, 0.3) is 5.57 Å². The van der Waals surface area contributed by atoms with Gasteiger partial charge in [-0.25, -0.2) is 9.59 Å². The van der Waals surface area contributed by atoms with E-state index in [1.807, 2.05) is 0 Å². The molecule has 0 spiro atoms. The van der Waals surface area contributed by atoms with Crippen LogP contribution in [-0.2, 0) is 24.3 Å². The highest BCUT2D eigenvalue weighted by atomic mass is 17.2. The van der Waals surface area contributed by atoms with Gasteiger partial charge in [0.05, 0.1) is 5.57 Å². The molecule has 6 heteroatoms. The molecule has 0 bridgehead atoms. The Labute approximate surface area is 116 Å². The number of hydrogen-bond acceptors (Lipinski definition) is 6. The molecule has 1 aromatic carbocycles. The smallest absolute Gasteiger partial charge is 0.296 e. The molecule has 1 N–H and O–H groups in total. The molecular formula is C14H16O6. The molecule has 0 aromatic heterocycles. The molecule has 1 aromatic rings. The van der Waals surface area contributed by atoms with E-state index in [0.29, 0.717) is 5.56 Å². The second-order valence-corrected chi connectivity index (χ2v) is 4.90. The van der Waals surface area contributed by atoms with Gasteiger partial charge in [-0.1, -0.05) is 30.3 Å². The number of benzene rings is 1. The summed E-state index contributed by atoms with van der Waals surface area (Å²) in [5.41, 5.74) is -0.344. The standard InChI is InChI=1S/C14H16O6/c1-14(2,3)20-19-13(16)11(9-12(15)18-17)10-7-5-4-6-8-10/h4-9,17H,1-3H3. The van der Waals surface area contributed by atoms with Crippen molar-refractivity contribution >= 4 is 17.5 Å². The molecule has 0 fully saturated rings. The number of carbonyl (C=O) groups is 2. The lowest BCUT2D eigenvalue weighted by atomic mass is 10.1. The second-order valence-electron chi connectivity index (χ2n) is 4.90. The van der Waals surface area contributed by atoms with E-state index in [9.17, 15) is 9.59 Å². The van der Waals surface area contributed by atoms with Crippen LogP contribution in [-0.4, -0.2) is 22.8 Å². The van der Waals surface area contributed by atoms with Crippen molar-refractivity contribution in [1.82, 2.24) is 0 Å². The molecule has 0 atom stereocenters. The van der Waals surface area contributed by atoms with Gasteiger partial charge in [0.25, 0.3) is 0 Å². The number of hydrogen-bond donors (Lipinski definition) is 1. The van der Waals surface area contributed by atoms with Crippen molar-refractivity contribution in [2.24, 2.45) is 0 Å². The summed E-state index contributed by atoms with van der Waals surface area (Å²) in [6.07, 6.45) is 0.823. The van der Waals surface area contributed by atoms with Crippen molar-refractivity contribution < 1.29 is 29.5 Å². The van der Waals surface area contributed by atoms with Gasteiger partial charge in [-0.2, -0.15) is 10.1 Å². The van der Waals surface area contributed by atoms with Crippen molar-refractivity contribution in [3.05, 3.63) is 42.0 Å². The molecule has 0 aliphatic heterocycles. The lowest BCUT2D eigenvalue weighted by molar-refractivity contribution is -0.315. The molecule has 0 aliphatic carbocycles. The van der Waals surface area contributed by atoms with Crippen LogP contribution in [0, 0.1) is 0 Å². The maximum atomic E-state index is 11.9. The first-order valence-electron chi connectivity index (χ1n) is 5.86. The zero-order valence-corrected chi connectivity index (χ0v) is 11.5. The van der Waals surface area contributed by atoms with E-state index in [-0.39, 0.29) is 5.57 Å². The highest BCUT2D eigenvalue weighted by molar-refractivity contribution is 6.20. The number of carbonyl (C=O) groups excluding carboxylic acids is 2. The first-order chi connectivity index (χ1) is 9.33. The summed E-state index contributed by atoms with van der Waals surface area (Å²) >= 11 is 0. The average molecular weight is 280 g/mol. The van der Waals surface area contributed by atoms with Gasteiger partial charge in [-0.05, 0) is 26.3 Å². The lowest BCUT2D eigenvalue weighted by Crippen LogP contribution is -2.22. The van der Waals surface area contributed by atoms with Crippen molar-refractivity contribution in [1.29, 1.82) is 0 Å². The van der Waals surface area contributed by atoms with Crippen LogP contribution >= 0.6 is 0 Å². The van der Waals surface area contributed by atoms with Gasteiger partial charge < -0.3 is 0 Å². The molecule has 1 rings (SSSR count). The minimum Gasteiger partial charge on any atom is -0.296 e. The summed E-state index contributed by atoms with van der Waals surface area (Å²) in [5, 5.41) is 8.29. The Morgan fingerprint density at radius 1 is 1.15 bits per heavy atom. The molecule has 0 saturated carbocycles. The second kappa shape index (κ2) is 6.83. The Balaban J connectivity index is 2.98. The lowest BCUT2D eigenvalue weighted by Gasteiger charge is -2.17. The molecular weight excluding hydrogens is 264 g/mol. The maximum Gasteiger partial charge on any atom is 0.373 e. The highest BCUT2D eigenvalue weighted by Crippen LogP contribution is 2.18. The third-order valence-corrected chi connectivity index (χ3v) is 2.02. The summed E-state index contributed by atoms with van der Waals surface area (Å²) in [5.74, 6) is -1.95. The van der Waals surface area contributed by atoms with Crippen LogP contribution in [0.5, 0.6) is 0 Å². The Bertz CT molecular complexity index is 498. The highest BCUT2D eigenvalue weighted by Gasteiger charge is 2.21. The third-order valence-electron chi connectivity index (χ3n) is 2.02. The third kappa shape index (κ3) is 5.21. The summed E-state index contributed by atoms with van der Waals surface area (Å²) < 4.78 is 0. The molecule has 20 heavy (non-hydrogen) atoms. The van der Waals surface area contributed by atoms with Gasteiger partial charge in [-0.15, -0.1) is 0 Å². The first-order valence-corrected chi connectivity index (χ1v) is 5.86. The fourth-order valence-corrected chi connectivity index (χ4v) is 1.23. The molecule has 6 nitrogen and oxygen atoms in total. The van der Waals surface area contributed by atoms with Crippen LogP contribution in [0.1, 0.15) is 26.3 Å². The van der Waals surface area contributed by atoms with Crippen LogP contribution in [0.3, 0.4) is 0 Å². The summed E-state index contributed by atoms with van der Waals surface area (Å²) in [6, 6.07) is 8.34. The largest absolute Gasteiger partial charge is 0.373 e. The van der Waals surface area contributed by atoms with Gasteiger partial charge in [0.2, 0.25) is 0 Å². The Kier molecular flexibility index (Phi) is 5.42. The van der Waals surface area contributed by atoms with Gasteiger partial charge in [0.1, 0.15) is 5.60 Å². The Hall–Kier alpha value is -2.18. The molecule has 0 radical (unpaired) electrons. The number of rotatable bonds is 4. The molecule has 0 saturated heterocycles. The van der Waals surface area contributed by atoms with Gasteiger partial charge in [0.15, 0.2) is 0 Å². The monoisotopic (exact) mass is 280 g/mol. The quantitative estimate of drug-likeness (QED) is 0.518. The topological polar surface area (TPSA) is 82.1 Å². The minimum atomic E-state index is -1.09. The summed E-state index contributed by atoms with van der Waals surface area (Å²) in [7, 11) is 0. The Morgan fingerprint density at radius 3 is 2.25 bits per heavy atom. The minimum absolute atomic E-state index is 0.0890. The van der Waals surface area contributed by atoms with Crippen molar-refractivity contribution in [2.75, 3.05) is 0 Å². The SMILES string of the molecule is CC(C)(C)OOC(=O)C(=CC(=O)OO)c1ccccc1. The fourth-order valence-electron chi connectivity index (χ4n) is 1.23. The van der Waals surface area contributed by atoms with E-state index in [2.05, 4.69) is 9.78 Å². The summed E-state index contributed by atoms with van der Waals surface area (Å²) in [6.45, 7) is 5.11. The molecule has 0 heterocycles. The Morgan fingerprint density at radius 2 is 1.75 bits per heavy atom. The molecule has 0 unspecified atom stereocenters. The van der Waals surface area contributed by atoms with Crippen molar-refractivity contribution in [3.8, 4) is 0 Å². The van der Waals surface area contributed by atoms with Crippen LogP contribution in [0.4, 0.5) is 0 Å². The predicted molar refractivity (Wildman–Crippen MR) is 70.1 cm³/mol. The molecule has 0 amide bonds. The average Bonchev–Trinajstić information content (AvgIpc) is 2.42. The van der Waals surface area contributed by atoms with Gasteiger partial charge in [-0.3, -0.25) is 9.78 Å². The zero-order valence-electron chi connectivity index (χ0n) is 11.5. The van der Waals surface area contributed by atoms with Crippen molar-refractivity contribution in [2.45, 2.75) is 26.4 Å². The molecule has 0 aliphatic rings. The van der Waals surface area contributed by atoms with Crippen molar-refractivity contribution in [3.63, 3.8) is 0 Å². The maximum absolute atomic E-state index is 11.9. The van der Waals surface area contributed by atoms with Crippen LogP contribution in [0.2, 0.25) is 0 Å². The first kappa shape index (κ1) is 15.9. The van der Waals surface area contributed by atoms with E-state index in [4.69, 9.17) is 10.1 Å². The van der Waals surface area contributed by atoms with E-state index in [0.717, 1.165) is 6.08 Å².